The van der Waals surface area contributed by atoms with Crippen molar-refractivity contribution in [1.29, 1.82) is 0 Å². The second kappa shape index (κ2) is 6.21. The van der Waals surface area contributed by atoms with E-state index in [1.807, 2.05) is 13.0 Å². The van der Waals surface area contributed by atoms with Gasteiger partial charge in [-0.2, -0.15) is 0 Å². The van der Waals surface area contributed by atoms with E-state index < -0.39 is 4.92 Å². The van der Waals surface area contributed by atoms with Crippen LogP contribution in [0.15, 0.2) is 24.3 Å². The molecule has 4 nitrogen and oxygen atoms in total. The first kappa shape index (κ1) is 12.7. The first-order chi connectivity index (χ1) is 6.24. The molecule has 78 valence electrons. The van der Waals surface area contributed by atoms with Gasteiger partial charge in [-0.1, -0.05) is 13.0 Å². The van der Waals surface area contributed by atoms with Gasteiger partial charge in [-0.3, -0.25) is 10.1 Å². The fourth-order valence-electron chi connectivity index (χ4n) is 0.999. The number of nitrogens with zero attached hydrogens (tertiary/aromatic N) is 1. The highest BCUT2D eigenvalue weighted by atomic mass is 35.5. The maximum absolute atomic E-state index is 10.4. The Balaban J connectivity index is 0.00000169. The van der Waals surface area contributed by atoms with E-state index in [-0.39, 0.29) is 18.1 Å². The molecule has 0 aromatic heterocycles. The number of halogens is 1. The monoisotopic (exact) mass is 216 g/mol. The first-order valence-electron chi connectivity index (χ1n) is 4.22. The lowest BCUT2D eigenvalue weighted by Gasteiger charge is -2.02. The summed E-state index contributed by atoms with van der Waals surface area (Å²) in [5, 5.41) is 13.5. The SMILES string of the molecule is CCCNc1cccc([N+](=O)[O-])c1.Cl. The number of hydrogen-bond donors (Lipinski definition) is 1. The van der Waals surface area contributed by atoms with E-state index in [4.69, 9.17) is 0 Å². The van der Waals surface area contributed by atoms with Crippen LogP contribution in [0.25, 0.3) is 0 Å². The van der Waals surface area contributed by atoms with Crippen molar-refractivity contribution in [2.24, 2.45) is 0 Å². The molecule has 0 fully saturated rings. The van der Waals surface area contributed by atoms with Crippen LogP contribution in [0.5, 0.6) is 0 Å². The average Bonchev–Trinajstić information content (AvgIpc) is 2.15. The van der Waals surface area contributed by atoms with Gasteiger partial charge in [-0.25, -0.2) is 0 Å². The van der Waals surface area contributed by atoms with E-state index in [9.17, 15) is 10.1 Å². The average molecular weight is 217 g/mol. The molecular weight excluding hydrogens is 204 g/mol. The molecule has 0 bridgehead atoms. The zero-order chi connectivity index (χ0) is 9.68. The number of nitro benzene ring substituents is 1. The summed E-state index contributed by atoms with van der Waals surface area (Å²) in [4.78, 5) is 10.0. The molecule has 0 amide bonds. The molecule has 5 heteroatoms. The molecule has 1 aromatic carbocycles. The molecule has 0 atom stereocenters. The van der Waals surface area contributed by atoms with E-state index in [0.29, 0.717) is 0 Å². The number of nitrogens with one attached hydrogen (secondary N) is 1. The molecule has 1 aromatic rings. The van der Waals surface area contributed by atoms with Gasteiger partial charge in [0, 0.05) is 24.4 Å². The Kier molecular flexibility index (Phi) is 5.64. The molecule has 0 aliphatic heterocycles. The van der Waals surface area contributed by atoms with Crippen LogP contribution in [0.1, 0.15) is 13.3 Å². The van der Waals surface area contributed by atoms with Crippen LogP contribution in [0, 0.1) is 10.1 Å². The quantitative estimate of drug-likeness (QED) is 0.622. The molecule has 1 rings (SSSR count). The zero-order valence-electron chi connectivity index (χ0n) is 7.90. The second-order valence-corrected chi connectivity index (χ2v) is 2.73. The molecule has 14 heavy (non-hydrogen) atoms. The van der Waals surface area contributed by atoms with Gasteiger partial charge in [0.25, 0.3) is 5.69 Å². The number of nitro groups is 1. The minimum absolute atomic E-state index is 0. The molecule has 0 heterocycles. The van der Waals surface area contributed by atoms with Crippen LogP contribution < -0.4 is 5.32 Å². The highest BCUT2D eigenvalue weighted by Crippen LogP contribution is 2.16. The minimum Gasteiger partial charge on any atom is -0.385 e. The maximum Gasteiger partial charge on any atom is 0.271 e. The number of anilines is 1. The number of hydrogen-bond acceptors (Lipinski definition) is 3. The zero-order valence-corrected chi connectivity index (χ0v) is 8.71. The van der Waals surface area contributed by atoms with Gasteiger partial charge in [0.05, 0.1) is 4.92 Å². The molecule has 0 unspecified atom stereocenters. The summed E-state index contributed by atoms with van der Waals surface area (Å²) < 4.78 is 0. The molecule has 0 aliphatic rings. The smallest absolute Gasteiger partial charge is 0.271 e. The summed E-state index contributed by atoms with van der Waals surface area (Å²) in [6.07, 6.45) is 1.00. The van der Waals surface area contributed by atoms with Crippen molar-refractivity contribution in [1.82, 2.24) is 0 Å². The molecule has 0 saturated carbocycles. The molecule has 1 N–H and O–H groups in total. The lowest BCUT2D eigenvalue weighted by Crippen LogP contribution is -1.99. The lowest BCUT2D eigenvalue weighted by molar-refractivity contribution is -0.384. The van der Waals surface area contributed by atoms with Crippen molar-refractivity contribution in [3.8, 4) is 0 Å². The third-order valence-electron chi connectivity index (χ3n) is 1.64. The van der Waals surface area contributed by atoms with Crippen LogP contribution in [0.2, 0.25) is 0 Å². The van der Waals surface area contributed by atoms with E-state index in [0.717, 1.165) is 18.7 Å². The Bertz CT molecular complexity index is 305. The molecule has 0 aliphatic carbocycles. The van der Waals surface area contributed by atoms with E-state index in [2.05, 4.69) is 5.32 Å². The predicted octanol–water partition coefficient (Wildman–Crippen LogP) is 2.84. The second-order valence-electron chi connectivity index (χ2n) is 2.73. The van der Waals surface area contributed by atoms with Crippen molar-refractivity contribution < 1.29 is 4.92 Å². The van der Waals surface area contributed by atoms with Gasteiger partial charge in [-0.05, 0) is 12.5 Å². The van der Waals surface area contributed by atoms with Crippen LogP contribution in [0.3, 0.4) is 0 Å². The van der Waals surface area contributed by atoms with Crippen molar-refractivity contribution in [2.45, 2.75) is 13.3 Å². The Morgan fingerprint density at radius 2 is 2.21 bits per heavy atom. The Hall–Kier alpha value is -1.29. The number of non-ortho nitro benzene ring substituents is 1. The lowest BCUT2D eigenvalue weighted by atomic mass is 10.3. The normalized spacial score (nSPS) is 8.93. The van der Waals surface area contributed by atoms with Crippen molar-refractivity contribution in [3.63, 3.8) is 0 Å². The summed E-state index contributed by atoms with van der Waals surface area (Å²) in [5.41, 5.74) is 0.928. The Labute approximate surface area is 88.9 Å². The molecule has 0 saturated heterocycles. The van der Waals surface area contributed by atoms with Crippen LogP contribution in [-0.4, -0.2) is 11.5 Å². The summed E-state index contributed by atoms with van der Waals surface area (Å²) in [7, 11) is 0. The van der Waals surface area contributed by atoms with Gasteiger partial charge >= 0.3 is 0 Å². The van der Waals surface area contributed by atoms with Crippen LogP contribution in [-0.2, 0) is 0 Å². The molecular formula is C9H13ClN2O2. The minimum atomic E-state index is -0.392. The summed E-state index contributed by atoms with van der Waals surface area (Å²) in [5.74, 6) is 0. The van der Waals surface area contributed by atoms with Gasteiger partial charge in [-0.15, -0.1) is 12.4 Å². The van der Waals surface area contributed by atoms with Crippen LogP contribution >= 0.6 is 12.4 Å². The van der Waals surface area contributed by atoms with Gasteiger partial charge < -0.3 is 5.32 Å². The number of benzene rings is 1. The maximum atomic E-state index is 10.4. The Morgan fingerprint density at radius 1 is 1.50 bits per heavy atom. The van der Waals surface area contributed by atoms with Crippen molar-refractivity contribution in [2.75, 3.05) is 11.9 Å². The fourth-order valence-corrected chi connectivity index (χ4v) is 0.999. The standard InChI is InChI=1S/C9H12N2O2.ClH/c1-2-6-10-8-4-3-5-9(7-8)11(12)13;/h3-5,7,10H,2,6H2,1H3;1H. The third kappa shape index (κ3) is 3.62. The summed E-state index contributed by atoms with van der Waals surface area (Å²) >= 11 is 0. The molecule has 0 spiro atoms. The third-order valence-corrected chi connectivity index (χ3v) is 1.64. The predicted molar refractivity (Wildman–Crippen MR) is 59.1 cm³/mol. The topological polar surface area (TPSA) is 55.2 Å². The number of rotatable bonds is 4. The van der Waals surface area contributed by atoms with E-state index in [1.54, 1.807) is 6.07 Å². The Morgan fingerprint density at radius 3 is 2.79 bits per heavy atom. The van der Waals surface area contributed by atoms with Gasteiger partial charge in [0.15, 0.2) is 0 Å². The molecule has 0 radical (unpaired) electrons. The summed E-state index contributed by atoms with van der Waals surface area (Å²) in [6, 6.07) is 6.52. The van der Waals surface area contributed by atoms with Crippen LogP contribution in [0.4, 0.5) is 11.4 Å². The largest absolute Gasteiger partial charge is 0.385 e. The van der Waals surface area contributed by atoms with E-state index >= 15 is 0 Å². The highest BCUT2D eigenvalue weighted by Gasteiger charge is 2.04. The van der Waals surface area contributed by atoms with Gasteiger partial charge in [0.1, 0.15) is 0 Å². The highest BCUT2D eigenvalue weighted by molar-refractivity contribution is 5.85. The van der Waals surface area contributed by atoms with E-state index in [1.165, 1.54) is 12.1 Å². The fraction of sp³-hybridized carbons (Fsp3) is 0.333. The summed E-state index contributed by atoms with van der Waals surface area (Å²) in [6.45, 7) is 2.88. The first-order valence-corrected chi connectivity index (χ1v) is 4.22. The van der Waals surface area contributed by atoms with Crippen molar-refractivity contribution >= 4 is 23.8 Å². The van der Waals surface area contributed by atoms with Gasteiger partial charge in [0.2, 0.25) is 0 Å². The van der Waals surface area contributed by atoms with Crippen molar-refractivity contribution in [3.05, 3.63) is 34.4 Å².